The molecule has 0 spiro atoms. The van der Waals surface area contributed by atoms with Crippen molar-refractivity contribution in [1.82, 2.24) is 14.8 Å². The van der Waals surface area contributed by atoms with Gasteiger partial charge in [0.1, 0.15) is 0 Å². The van der Waals surface area contributed by atoms with Gasteiger partial charge in [0, 0.05) is 31.4 Å². The number of amides is 1. The van der Waals surface area contributed by atoms with Crippen LogP contribution in [0.25, 0.3) is 0 Å². The van der Waals surface area contributed by atoms with Crippen molar-refractivity contribution in [2.24, 2.45) is 5.92 Å². The molecule has 1 amide bonds. The molecule has 178 valence electrons. The lowest BCUT2D eigenvalue weighted by Crippen LogP contribution is -2.40. The summed E-state index contributed by atoms with van der Waals surface area (Å²) >= 11 is 1.53. The van der Waals surface area contributed by atoms with Crippen LogP contribution in [-0.4, -0.2) is 57.8 Å². The SMILES string of the molecule is CC1CCN(c2nnc(SC(C)C(=O)N3c4ccccc4CC3C)n2CC2CCCO2)CC1. The van der Waals surface area contributed by atoms with Crippen molar-refractivity contribution in [3.05, 3.63) is 29.8 Å². The summed E-state index contributed by atoms with van der Waals surface area (Å²) < 4.78 is 8.16. The van der Waals surface area contributed by atoms with E-state index in [-0.39, 0.29) is 23.3 Å². The normalized spacial score (nSPS) is 24.3. The Balaban J connectivity index is 1.36. The Morgan fingerprint density at radius 1 is 1.18 bits per heavy atom. The van der Waals surface area contributed by atoms with Gasteiger partial charge < -0.3 is 14.5 Å². The number of hydrogen-bond donors (Lipinski definition) is 0. The highest BCUT2D eigenvalue weighted by molar-refractivity contribution is 8.00. The second-order valence-electron chi connectivity index (χ2n) is 9.85. The third-order valence-corrected chi connectivity index (χ3v) is 8.32. The second kappa shape index (κ2) is 9.66. The fourth-order valence-corrected chi connectivity index (χ4v) is 6.17. The second-order valence-corrected chi connectivity index (χ2v) is 11.2. The van der Waals surface area contributed by atoms with Crippen molar-refractivity contribution in [2.45, 2.75) is 82.0 Å². The Labute approximate surface area is 200 Å². The fourth-order valence-electron chi connectivity index (χ4n) is 5.27. The van der Waals surface area contributed by atoms with E-state index in [2.05, 4.69) is 45.6 Å². The Morgan fingerprint density at radius 3 is 2.73 bits per heavy atom. The number of hydrogen-bond acceptors (Lipinski definition) is 6. The van der Waals surface area contributed by atoms with Crippen LogP contribution in [0, 0.1) is 5.92 Å². The first kappa shape index (κ1) is 22.7. The predicted octanol–water partition coefficient (Wildman–Crippen LogP) is 4.15. The van der Waals surface area contributed by atoms with Gasteiger partial charge in [-0.25, -0.2) is 0 Å². The van der Waals surface area contributed by atoms with Crippen molar-refractivity contribution in [3.8, 4) is 0 Å². The molecule has 1 aromatic carbocycles. The largest absolute Gasteiger partial charge is 0.376 e. The minimum Gasteiger partial charge on any atom is -0.376 e. The standard InChI is InChI=1S/C25H35N5O2S/c1-17-10-12-28(13-11-17)24-26-27-25(29(24)16-21-8-6-14-32-21)33-19(3)23(31)30-18(2)15-20-7-4-5-9-22(20)30/h4-5,7,9,17-19,21H,6,8,10-16H2,1-3H3. The number of benzene rings is 1. The van der Waals surface area contributed by atoms with Crippen LogP contribution in [0.1, 0.15) is 52.0 Å². The van der Waals surface area contributed by atoms with Crippen LogP contribution in [0.4, 0.5) is 11.6 Å². The number of fused-ring (bicyclic) bond motifs is 1. The number of carbonyl (C=O) groups excluding carboxylic acids is 1. The van der Waals surface area contributed by atoms with E-state index in [1.165, 1.54) is 30.2 Å². The van der Waals surface area contributed by atoms with Gasteiger partial charge >= 0.3 is 0 Å². The molecule has 0 radical (unpaired) electrons. The minimum absolute atomic E-state index is 0.137. The highest BCUT2D eigenvalue weighted by atomic mass is 32.2. The number of ether oxygens (including phenoxy) is 1. The average Bonchev–Trinajstić information content (AvgIpc) is 3.53. The molecule has 3 unspecified atom stereocenters. The maximum atomic E-state index is 13.5. The number of rotatable bonds is 6. The maximum Gasteiger partial charge on any atom is 0.240 e. The number of carbonyl (C=O) groups is 1. The molecule has 33 heavy (non-hydrogen) atoms. The summed E-state index contributed by atoms with van der Waals surface area (Å²) in [5.74, 6) is 1.82. The zero-order valence-electron chi connectivity index (χ0n) is 19.9. The molecule has 0 N–H and O–H groups in total. The summed E-state index contributed by atoms with van der Waals surface area (Å²) in [6.07, 6.45) is 5.63. The molecule has 5 rings (SSSR count). The minimum atomic E-state index is -0.250. The Kier molecular flexibility index (Phi) is 6.65. The van der Waals surface area contributed by atoms with E-state index < -0.39 is 0 Å². The van der Waals surface area contributed by atoms with Gasteiger partial charge in [-0.3, -0.25) is 9.36 Å². The Morgan fingerprint density at radius 2 is 1.97 bits per heavy atom. The lowest BCUT2D eigenvalue weighted by molar-refractivity contribution is -0.118. The molecule has 3 aliphatic heterocycles. The van der Waals surface area contributed by atoms with Gasteiger partial charge in [0.2, 0.25) is 11.9 Å². The first-order valence-electron chi connectivity index (χ1n) is 12.4. The highest BCUT2D eigenvalue weighted by Gasteiger charge is 2.35. The fraction of sp³-hybridized carbons (Fsp3) is 0.640. The summed E-state index contributed by atoms with van der Waals surface area (Å²) in [5, 5.41) is 9.75. The summed E-state index contributed by atoms with van der Waals surface area (Å²) in [4.78, 5) is 17.9. The van der Waals surface area contributed by atoms with Crippen molar-refractivity contribution in [3.63, 3.8) is 0 Å². The molecule has 7 nitrogen and oxygen atoms in total. The maximum absolute atomic E-state index is 13.5. The number of thioether (sulfide) groups is 1. The molecule has 3 atom stereocenters. The van der Waals surface area contributed by atoms with Crippen LogP contribution in [-0.2, 0) is 22.5 Å². The molecule has 2 aromatic rings. The van der Waals surface area contributed by atoms with E-state index >= 15 is 0 Å². The van der Waals surface area contributed by atoms with E-state index in [9.17, 15) is 4.79 Å². The number of para-hydroxylation sites is 1. The van der Waals surface area contributed by atoms with Gasteiger partial charge in [0.15, 0.2) is 5.16 Å². The smallest absolute Gasteiger partial charge is 0.240 e. The van der Waals surface area contributed by atoms with E-state index in [0.717, 1.165) is 68.2 Å². The van der Waals surface area contributed by atoms with Gasteiger partial charge in [0.25, 0.3) is 0 Å². The number of nitrogens with zero attached hydrogens (tertiary/aromatic N) is 5. The third kappa shape index (κ3) is 4.64. The summed E-state index contributed by atoms with van der Waals surface area (Å²) in [5.41, 5.74) is 2.30. The molecule has 0 saturated carbocycles. The summed E-state index contributed by atoms with van der Waals surface area (Å²) in [7, 11) is 0. The molecule has 8 heteroatoms. The zero-order chi connectivity index (χ0) is 22.9. The van der Waals surface area contributed by atoms with Gasteiger partial charge in [-0.15, -0.1) is 10.2 Å². The van der Waals surface area contributed by atoms with Gasteiger partial charge in [-0.2, -0.15) is 0 Å². The van der Waals surface area contributed by atoms with Crippen molar-refractivity contribution in [1.29, 1.82) is 0 Å². The van der Waals surface area contributed by atoms with E-state index in [1.807, 2.05) is 24.0 Å². The van der Waals surface area contributed by atoms with Crippen LogP contribution in [0.5, 0.6) is 0 Å². The summed E-state index contributed by atoms with van der Waals surface area (Å²) in [6, 6.07) is 8.42. The van der Waals surface area contributed by atoms with Crippen LogP contribution in [0.2, 0.25) is 0 Å². The van der Waals surface area contributed by atoms with Crippen LogP contribution < -0.4 is 9.80 Å². The Bertz CT molecular complexity index is 981. The van der Waals surface area contributed by atoms with Crippen LogP contribution in [0.3, 0.4) is 0 Å². The monoisotopic (exact) mass is 469 g/mol. The molecule has 1 aromatic heterocycles. The van der Waals surface area contributed by atoms with Gasteiger partial charge in [-0.1, -0.05) is 36.9 Å². The Hall–Kier alpha value is -2.06. The summed E-state index contributed by atoms with van der Waals surface area (Å²) in [6.45, 7) is 10.0. The topological polar surface area (TPSA) is 63.5 Å². The van der Waals surface area contributed by atoms with E-state index in [4.69, 9.17) is 4.74 Å². The van der Waals surface area contributed by atoms with Crippen molar-refractivity contribution < 1.29 is 9.53 Å². The number of aromatic nitrogens is 3. The number of piperidine rings is 1. The lowest BCUT2D eigenvalue weighted by Gasteiger charge is -2.31. The lowest BCUT2D eigenvalue weighted by atomic mass is 10.00. The van der Waals surface area contributed by atoms with Crippen LogP contribution >= 0.6 is 11.8 Å². The molecular formula is C25H35N5O2S. The first-order valence-corrected chi connectivity index (χ1v) is 13.3. The number of anilines is 2. The molecule has 3 aliphatic rings. The quantitative estimate of drug-likeness (QED) is 0.592. The molecule has 0 aliphatic carbocycles. The zero-order valence-corrected chi connectivity index (χ0v) is 20.8. The molecule has 2 saturated heterocycles. The third-order valence-electron chi connectivity index (χ3n) is 7.25. The van der Waals surface area contributed by atoms with Gasteiger partial charge in [0.05, 0.1) is 17.9 Å². The van der Waals surface area contributed by atoms with Gasteiger partial charge in [-0.05, 0) is 63.5 Å². The predicted molar refractivity (Wildman–Crippen MR) is 132 cm³/mol. The van der Waals surface area contributed by atoms with E-state index in [0.29, 0.717) is 0 Å². The average molecular weight is 470 g/mol. The molecule has 4 heterocycles. The molecule has 2 fully saturated rings. The van der Waals surface area contributed by atoms with Crippen molar-refractivity contribution in [2.75, 3.05) is 29.5 Å². The highest BCUT2D eigenvalue weighted by Crippen LogP contribution is 2.35. The first-order chi connectivity index (χ1) is 16.0. The van der Waals surface area contributed by atoms with Crippen LogP contribution in [0.15, 0.2) is 29.4 Å². The van der Waals surface area contributed by atoms with Crippen molar-refractivity contribution >= 4 is 29.3 Å². The van der Waals surface area contributed by atoms with E-state index in [1.54, 1.807) is 0 Å². The molecular weight excluding hydrogens is 434 g/mol. The molecule has 0 bridgehead atoms.